The maximum absolute atomic E-state index is 11.2. The van der Waals surface area contributed by atoms with Gasteiger partial charge in [-0.3, -0.25) is 0 Å². The zero-order valence-corrected chi connectivity index (χ0v) is 7.77. The molecule has 1 aromatic rings. The van der Waals surface area contributed by atoms with Gasteiger partial charge in [0.05, 0.1) is 6.04 Å². The van der Waals surface area contributed by atoms with Crippen LogP contribution in [0.3, 0.4) is 0 Å². The number of rotatable bonds is 2. The van der Waals surface area contributed by atoms with Crippen molar-refractivity contribution in [3.05, 3.63) is 5.82 Å². The van der Waals surface area contributed by atoms with Gasteiger partial charge in [-0.25, -0.2) is 4.79 Å². The Bertz CT molecular complexity index is 269. The number of amides is 2. The fourth-order valence-corrected chi connectivity index (χ4v) is 0.732. The Labute approximate surface area is 75.5 Å². The topological polar surface area (TPSA) is 86.8 Å². The Hall–Kier alpha value is -1.66. The van der Waals surface area contributed by atoms with Crippen LogP contribution < -0.4 is 5.32 Å². The maximum Gasteiger partial charge on any atom is 0.317 e. The largest absolute Gasteiger partial charge is 0.331 e. The summed E-state index contributed by atoms with van der Waals surface area (Å²) in [6.45, 7) is 1.78. The number of tetrazole rings is 1. The molecule has 0 aliphatic heterocycles. The average molecular weight is 184 g/mol. The van der Waals surface area contributed by atoms with E-state index in [0.717, 1.165) is 0 Å². The standard InChI is InChI=1S/C6H12N6O/c1-4(5-8-10-11-9-5)7-6(13)12(2)3/h4H,1-3H3,(H,7,13)(H,8,9,10,11). The van der Waals surface area contributed by atoms with Crippen LogP contribution in [0.4, 0.5) is 4.79 Å². The quantitative estimate of drug-likeness (QED) is 0.650. The molecular weight excluding hydrogens is 172 g/mol. The van der Waals surface area contributed by atoms with Gasteiger partial charge in [-0.2, -0.15) is 5.21 Å². The first-order chi connectivity index (χ1) is 6.11. The van der Waals surface area contributed by atoms with Crippen LogP contribution in [0.15, 0.2) is 0 Å². The molecule has 1 atom stereocenters. The van der Waals surface area contributed by atoms with Gasteiger partial charge in [0.15, 0.2) is 5.82 Å². The lowest BCUT2D eigenvalue weighted by atomic mass is 10.3. The van der Waals surface area contributed by atoms with Crippen LogP contribution in [0, 0.1) is 0 Å². The van der Waals surface area contributed by atoms with Crippen molar-refractivity contribution in [2.24, 2.45) is 0 Å². The molecule has 2 amide bonds. The fourth-order valence-electron chi connectivity index (χ4n) is 0.732. The molecule has 0 saturated carbocycles. The van der Waals surface area contributed by atoms with Gasteiger partial charge in [0.25, 0.3) is 0 Å². The van der Waals surface area contributed by atoms with Crippen LogP contribution in [-0.2, 0) is 0 Å². The van der Waals surface area contributed by atoms with Gasteiger partial charge in [-0.05, 0) is 6.92 Å². The van der Waals surface area contributed by atoms with Crippen LogP contribution in [0.2, 0.25) is 0 Å². The molecular formula is C6H12N6O. The second kappa shape index (κ2) is 3.83. The van der Waals surface area contributed by atoms with Crippen LogP contribution in [0.1, 0.15) is 18.8 Å². The molecule has 72 valence electrons. The third-order valence-electron chi connectivity index (χ3n) is 1.50. The number of urea groups is 1. The molecule has 7 heteroatoms. The number of nitrogens with zero attached hydrogens (tertiary/aromatic N) is 4. The Morgan fingerprint density at radius 1 is 1.62 bits per heavy atom. The summed E-state index contributed by atoms with van der Waals surface area (Å²) in [5.74, 6) is 0.468. The van der Waals surface area contributed by atoms with Gasteiger partial charge in [0, 0.05) is 14.1 Å². The molecule has 0 aromatic carbocycles. The molecule has 1 rings (SSSR count). The predicted molar refractivity (Wildman–Crippen MR) is 44.8 cm³/mol. The van der Waals surface area contributed by atoms with Crippen molar-refractivity contribution in [3.63, 3.8) is 0 Å². The Morgan fingerprint density at radius 2 is 2.31 bits per heavy atom. The van der Waals surface area contributed by atoms with E-state index in [1.807, 2.05) is 0 Å². The van der Waals surface area contributed by atoms with Crippen molar-refractivity contribution < 1.29 is 4.79 Å². The van der Waals surface area contributed by atoms with E-state index < -0.39 is 0 Å². The minimum absolute atomic E-state index is 0.183. The third-order valence-corrected chi connectivity index (χ3v) is 1.50. The Balaban J connectivity index is 2.51. The summed E-state index contributed by atoms with van der Waals surface area (Å²) >= 11 is 0. The normalized spacial score (nSPS) is 12.2. The van der Waals surface area contributed by atoms with Crippen molar-refractivity contribution in [2.75, 3.05) is 14.1 Å². The summed E-state index contributed by atoms with van der Waals surface area (Å²) in [6.07, 6.45) is 0. The molecule has 13 heavy (non-hydrogen) atoms. The number of nitrogens with one attached hydrogen (secondary N) is 2. The number of carbonyl (C=O) groups is 1. The second-order valence-electron chi connectivity index (χ2n) is 2.84. The molecule has 1 unspecified atom stereocenters. The zero-order valence-electron chi connectivity index (χ0n) is 7.77. The highest BCUT2D eigenvalue weighted by molar-refractivity contribution is 5.73. The second-order valence-corrected chi connectivity index (χ2v) is 2.84. The molecule has 0 saturated heterocycles. The Kier molecular flexibility index (Phi) is 2.78. The molecule has 1 heterocycles. The molecule has 7 nitrogen and oxygen atoms in total. The number of aromatic nitrogens is 4. The smallest absolute Gasteiger partial charge is 0.317 e. The highest BCUT2D eigenvalue weighted by atomic mass is 16.2. The lowest BCUT2D eigenvalue weighted by Crippen LogP contribution is -2.36. The lowest BCUT2D eigenvalue weighted by molar-refractivity contribution is 0.213. The van der Waals surface area contributed by atoms with Gasteiger partial charge >= 0.3 is 6.03 Å². The molecule has 0 fully saturated rings. The van der Waals surface area contributed by atoms with E-state index >= 15 is 0 Å². The molecule has 1 aromatic heterocycles. The minimum Gasteiger partial charge on any atom is -0.331 e. The van der Waals surface area contributed by atoms with Gasteiger partial charge in [0.2, 0.25) is 0 Å². The molecule has 0 bridgehead atoms. The van der Waals surface area contributed by atoms with Crippen molar-refractivity contribution in [1.29, 1.82) is 0 Å². The number of H-pyrrole nitrogens is 1. The fraction of sp³-hybridized carbons (Fsp3) is 0.667. The summed E-state index contributed by atoms with van der Waals surface area (Å²) < 4.78 is 0. The van der Waals surface area contributed by atoms with Crippen molar-refractivity contribution in [1.82, 2.24) is 30.8 Å². The van der Waals surface area contributed by atoms with E-state index in [9.17, 15) is 4.79 Å². The van der Waals surface area contributed by atoms with E-state index in [2.05, 4.69) is 25.9 Å². The Morgan fingerprint density at radius 3 is 2.77 bits per heavy atom. The minimum atomic E-state index is -0.242. The predicted octanol–water partition coefficient (Wildman–Crippen LogP) is -0.468. The first kappa shape index (κ1) is 9.43. The van der Waals surface area contributed by atoms with Crippen molar-refractivity contribution in [3.8, 4) is 0 Å². The SMILES string of the molecule is CC(NC(=O)N(C)C)c1nn[nH]n1. The lowest BCUT2D eigenvalue weighted by Gasteiger charge is -2.14. The number of hydrogen-bond acceptors (Lipinski definition) is 4. The van der Waals surface area contributed by atoms with E-state index in [-0.39, 0.29) is 12.1 Å². The summed E-state index contributed by atoms with van der Waals surface area (Å²) in [5, 5.41) is 15.9. The van der Waals surface area contributed by atoms with Gasteiger partial charge in [0.1, 0.15) is 0 Å². The highest BCUT2D eigenvalue weighted by Gasteiger charge is 2.13. The third kappa shape index (κ3) is 2.39. The summed E-state index contributed by atoms with van der Waals surface area (Å²) in [5.41, 5.74) is 0. The monoisotopic (exact) mass is 184 g/mol. The molecule has 0 aliphatic rings. The first-order valence-electron chi connectivity index (χ1n) is 3.82. The van der Waals surface area contributed by atoms with Crippen molar-refractivity contribution >= 4 is 6.03 Å². The molecule has 2 N–H and O–H groups in total. The maximum atomic E-state index is 11.2. The number of hydrogen-bond donors (Lipinski definition) is 2. The van der Waals surface area contributed by atoms with E-state index in [1.54, 1.807) is 21.0 Å². The van der Waals surface area contributed by atoms with Crippen LogP contribution in [0.25, 0.3) is 0 Å². The van der Waals surface area contributed by atoms with Gasteiger partial charge in [-0.1, -0.05) is 5.21 Å². The van der Waals surface area contributed by atoms with E-state index in [0.29, 0.717) is 5.82 Å². The summed E-state index contributed by atoms with van der Waals surface area (Å²) in [4.78, 5) is 12.6. The molecule has 0 aliphatic carbocycles. The molecule has 0 spiro atoms. The summed E-state index contributed by atoms with van der Waals surface area (Å²) in [7, 11) is 3.33. The molecule has 0 radical (unpaired) electrons. The summed E-state index contributed by atoms with van der Waals surface area (Å²) in [6, 6.07) is -0.425. The van der Waals surface area contributed by atoms with Crippen LogP contribution in [-0.4, -0.2) is 45.7 Å². The first-order valence-corrected chi connectivity index (χ1v) is 3.82. The zero-order chi connectivity index (χ0) is 9.84. The van der Waals surface area contributed by atoms with Crippen LogP contribution >= 0.6 is 0 Å². The van der Waals surface area contributed by atoms with Gasteiger partial charge in [-0.15, -0.1) is 10.2 Å². The van der Waals surface area contributed by atoms with Gasteiger partial charge < -0.3 is 10.2 Å². The number of aromatic amines is 1. The number of carbonyl (C=O) groups excluding carboxylic acids is 1. The van der Waals surface area contributed by atoms with E-state index in [4.69, 9.17) is 0 Å². The van der Waals surface area contributed by atoms with E-state index in [1.165, 1.54) is 4.90 Å². The average Bonchev–Trinajstić information content (AvgIpc) is 2.55. The van der Waals surface area contributed by atoms with Crippen LogP contribution in [0.5, 0.6) is 0 Å². The van der Waals surface area contributed by atoms with Crippen molar-refractivity contribution in [2.45, 2.75) is 13.0 Å². The highest BCUT2D eigenvalue weighted by Crippen LogP contribution is 2.02.